The molecule has 0 saturated carbocycles. The number of halogens is 2. The maximum Gasteiger partial charge on any atom is 0.338 e. The molecule has 0 spiro atoms. The van der Waals surface area contributed by atoms with Crippen molar-refractivity contribution in [3.63, 3.8) is 0 Å². The topological polar surface area (TPSA) is 44.8 Å². The van der Waals surface area contributed by atoms with Crippen molar-refractivity contribution in [2.24, 2.45) is 0 Å². The number of carbonyl (C=O) groups is 1. The first kappa shape index (κ1) is 14.2. The van der Waals surface area contributed by atoms with Crippen molar-refractivity contribution >= 4 is 17.6 Å². The quantitative estimate of drug-likeness (QED) is 0.802. The Morgan fingerprint density at radius 3 is 2.95 bits per heavy atom. The van der Waals surface area contributed by atoms with E-state index in [1.54, 1.807) is 13.0 Å². The summed E-state index contributed by atoms with van der Waals surface area (Å²) in [7, 11) is 0. The van der Waals surface area contributed by atoms with Gasteiger partial charge in [0.2, 0.25) is 0 Å². The molecule has 0 aliphatic carbocycles. The molecular weight excluding hydrogens is 275 g/mol. The fourth-order valence-electron chi connectivity index (χ4n) is 1.83. The second-order valence-electron chi connectivity index (χ2n) is 4.15. The van der Waals surface area contributed by atoms with Gasteiger partial charge in [-0.05, 0) is 19.1 Å². The Bertz CT molecular complexity index is 440. The number of benzene rings is 1. The molecule has 1 saturated heterocycles. The van der Waals surface area contributed by atoms with E-state index in [2.05, 4.69) is 0 Å². The highest BCUT2D eigenvalue weighted by atomic mass is 35.5. The summed E-state index contributed by atoms with van der Waals surface area (Å²) >= 11 is 5.91. The maximum absolute atomic E-state index is 13.7. The summed E-state index contributed by atoms with van der Waals surface area (Å²) in [6.07, 6.45) is -1.55. The number of carbonyl (C=O) groups excluding carboxylic acids is 1. The average molecular weight is 289 g/mol. The molecule has 0 aromatic heterocycles. The molecule has 0 amide bonds. The van der Waals surface area contributed by atoms with Gasteiger partial charge in [-0.2, -0.15) is 0 Å². The zero-order valence-corrected chi connectivity index (χ0v) is 11.2. The average Bonchev–Trinajstić information content (AvgIpc) is 2.39. The lowest BCUT2D eigenvalue weighted by Crippen LogP contribution is -2.37. The van der Waals surface area contributed by atoms with Gasteiger partial charge in [-0.3, -0.25) is 0 Å². The van der Waals surface area contributed by atoms with Gasteiger partial charge in [0.15, 0.2) is 6.10 Å². The van der Waals surface area contributed by atoms with Crippen LogP contribution in [-0.4, -0.2) is 31.9 Å². The van der Waals surface area contributed by atoms with Crippen LogP contribution in [0.25, 0.3) is 0 Å². The molecule has 19 heavy (non-hydrogen) atoms. The minimum absolute atomic E-state index is 0.149. The number of rotatable bonds is 3. The molecular formula is C13H14ClFO4. The first-order valence-electron chi connectivity index (χ1n) is 5.93. The smallest absolute Gasteiger partial charge is 0.338 e. The van der Waals surface area contributed by atoms with Gasteiger partial charge < -0.3 is 14.2 Å². The molecule has 6 heteroatoms. The van der Waals surface area contributed by atoms with E-state index in [9.17, 15) is 9.18 Å². The third-order valence-corrected chi connectivity index (χ3v) is 3.11. The second kappa shape index (κ2) is 6.32. The van der Waals surface area contributed by atoms with E-state index in [1.807, 2.05) is 0 Å². The van der Waals surface area contributed by atoms with Gasteiger partial charge in [0, 0.05) is 5.56 Å². The Labute approximate surface area is 115 Å². The van der Waals surface area contributed by atoms with Crippen molar-refractivity contribution in [3.05, 3.63) is 34.6 Å². The van der Waals surface area contributed by atoms with Crippen molar-refractivity contribution in [1.29, 1.82) is 0 Å². The van der Waals surface area contributed by atoms with Crippen molar-refractivity contribution < 1.29 is 23.4 Å². The van der Waals surface area contributed by atoms with Crippen LogP contribution in [-0.2, 0) is 19.0 Å². The fourth-order valence-corrected chi connectivity index (χ4v) is 2.15. The van der Waals surface area contributed by atoms with Crippen molar-refractivity contribution in [2.75, 3.05) is 19.8 Å². The molecule has 1 aliphatic rings. The summed E-state index contributed by atoms with van der Waals surface area (Å²) in [6.45, 7) is 2.51. The molecule has 1 aromatic rings. The molecule has 2 rings (SSSR count). The molecule has 0 N–H and O–H groups in total. The van der Waals surface area contributed by atoms with Gasteiger partial charge in [-0.15, -0.1) is 0 Å². The Morgan fingerprint density at radius 2 is 2.32 bits per heavy atom. The lowest BCUT2D eigenvalue weighted by Gasteiger charge is -2.23. The molecule has 1 aromatic carbocycles. The maximum atomic E-state index is 13.7. The zero-order chi connectivity index (χ0) is 13.8. The first-order valence-corrected chi connectivity index (χ1v) is 6.31. The number of hydrogen-bond acceptors (Lipinski definition) is 4. The van der Waals surface area contributed by atoms with Gasteiger partial charge in [0.05, 0.1) is 24.8 Å². The minimum atomic E-state index is -0.785. The lowest BCUT2D eigenvalue weighted by molar-refractivity contribution is -0.175. The molecule has 0 unspecified atom stereocenters. The Balaban J connectivity index is 2.04. The predicted molar refractivity (Wildman–Crippen MR) is 66.5 cm³/mol. The molecule has 1 fully saturated rings. The summed E-state index contributed by atoms with van der Waals surface area (Å²) in [5.74, 6) is -1.08. The molecule has 1 aliphatic heterocycles. The summed E-state index contributed by atoms with van der Waals surface area (Å²) in [6, 6.07) is 4.31. The zero-order valence-electron chi connectivity index (χ0n) is 10.4. The van der Waals surface area contributed by atoms with E-state index >= 15 is 0 Å². The van der Waals surface area contributed by atoms with Crippen LogP contribution >= 0.6 is 11.6 Å². The summed E-state index contributed by atoms with van der Waals surface area (Å²) in [5, 5.41) is 0.223. The first-order chi connectivity index (χ1) is 9.09. The van der Waals surface area contributed by atoms with Crippen LogP contribution in [0.4, 0.5) is 4.39 Å². The van der Waals surface area contributed by atoms with E-state index in [0.717, 1.165) is 0 Å². The van der Waals surface area contributed by atoms with Crippen molar-refractivity contribution in [3.8, 4) is 0 Å². The molecule has 4 nitrogen and oxygen atoms in total. The van der Waals surface area contributed by atoms with Crippen LogP contribution in [0.2, 0.25) is 5.02 Å². The van der Waals surface area contributed by atoms with Gasteiger partial charge in [0.25, 0.3) is 0 Å². The van der Waals surface area contributed by atoms with Gasteiger partial charge in [-0.25, -0.2) is 9.18 Å². The highest BCUT2D eigenvalue weighted by Gasteiger charge is 2.27. The van der Waals surface area contributed by atoms with Crippen LogP contribution in [0.15, 0.2) is 18.2 Å². The number of esters is 1. The Kier molecular flexibility index (Phi) is 4.74. The molecule has 0 radical (unpaired) electrons. The van der Waals surface area contributed by atoms with Gasteiger partial charge >= 0.3 is 5.97 Å². The highest BCUT2D eigenvalue weighted by Crippen LogP contribution is 2.28. The van der Waals surface area contributed by atoms with Crippen LogP contribution in [0, 0.1) is 5.82 Å². The van der Waals surface area contributed by atoms with Crippen LogP contribution in [0.3, 0.4) is 0 Å². The van der Waals surface area contributed by atoms with Gasteiger partial charge in [-0.1, -0.05) is 17.7 Å². The van der Waals surface area contributed by atoms with E-state index in [1.165, 1.54) is 12.1 Å². The Hall–Kier alpha value is -1.17. The van der Waals surface area contributed by atoms with Gasteiger partial charge in [0.1, 0.15) is 11.9 Å². The number of ether oxygens (including phenoxy) is 3. The standard InChI is InChI=1S/C13H14ClFO4/c1-8(12-9(14)3-2-4-10(12)15)19-13(16)11-7-17-5-6-18-11/h2-4,8,11H,5-7H2,1H3/t8-,11+/m1/s1. The van der Waals surface area contributed by atoms with Crippen LogP contribution < -0.4 is 0 Å². The summed E-state index contributed by atoms with van der Waals surface area (Å²) in [5.41, 5.74) is 0.161. The molecule has 104 valence electrons. The summed E-state index contributed by atoms with van der Waals surface area (Å²) < 4.78 is 29.2. The SMILES string of the molecule is C[C@@H](OC(=O)[C@@H]1COCCO1)c1c(F)cccc1Cl. The predicted octanol–water partition coefficient (Wildman–Crippen LogP) is 2.50. The highest BCUT2D eigenvalue weighted by molar-refractivity contribution is 6.31. The largest absolute Gasteiger partial charge is 0.456 e. The number of hydrogen-bond donors (Lipinski definition) is 0. The van der Waals surface area contributed by atoms with Crippen molar-refractivity contribution in [1.82, 2.24) is 0 Å². The van der Waals surface area contributed by atoms with Crippen molar-refractivity contribution in [2.45, 2.75) is 19.1 Å². The van der Waals surface area contributed by atoms with E-state index < -0.39 is 24.0 Å². The fraction of sp³-hybridized carbons (Fsp3) is 0.462. The van der Waals surface area contributed by atoms with Crippen LogP contribution in [0.1, 0.15) is 18.6 Å². The molecule has 2 atom stereocenters. The van der Waals surface area contributed by atoms with Crippen LogP contribution in [0.5, 0.6) is 0 Å². The van der Waals surface area contributed by atoms with E-state index in [-0.39, 0.29) is 17.2 Å². The third-order valence-electron chi connectivity index (χ3n) is 2.78. The second-order valence-corrected chi connectivity index (χ2v) is 4.56. The molecule has 1 heterocycles. The molecule has 0 bridgehead atoms. The minimum Gasteiger partial charge on any atom is -0.456 e. The monoisotopic (exact) mass is 288 g/mol. The Morgan fingerprint density at radius 1 is 1.53 bits per heavy atom. The summed E-state index contributed by atoms with van der Waals surface area (Å²) in [4.78, 5) is 11.8. The van der Waals surface area contributed by atoms with E-state index in [4.69, 9.17) is 25.8 Å². The third kappa shape index (κ3) is 3.43. The normalized spacial score (nSPS) is 20.9. The lowest BCUT2D eigenvalue weighted by atomic mass is 10.1. The van der Waals surface area contributed by atoms with E-state index in [0.29, 0.717) is 13.2 Å².